The van der Waals surface area contributed by atoms with E-state index >= 15 is 0 Å². The average molecular weight is 273 g/mol. The topological polar surface area (TPSA) is 87.2 Å². The monoisotopic (exact) mass is 273 g/mol. The van der Waals surface area contributed by atoms with Crippen molar-refractivity contribution in [1.82, 2.24) is 9.78 Å². The van der Waals surface area contributed by atoms with E-state index < -0.39 is 5.97 Å². The Morgan fingerprint density at radius 1 is 1.30 bits per heavy atom. The number of esters is 1. The van der Waals surface area contributed by atoms with Crippen LogP contribution in [0.4, 0.5) is 5.82 Å². The van der Waals surface area contributed by atoms with E-state index in [2.05, 4.69) is 5.10 Å². The van der Waals surface area contributed by atoms with Gasteiger partial charge >= 0.3 is 5.97 Å². The summed E-state index contributed by atoms with van der Waals surface area (Å²) in [6, 6.07) is 7.09. The third-order valence-electron chi connectivity index (χ3n) is 2.87. The van der Waals surface area contributed by atoms with E-state index in [1.54, 1.807) is 19.1 Å². The first-order valence-electron chi connectivity index (χ1n) is 6.17. The Balaban J connectivity index is 2.38. The van der Waals surface area contributed by atoms with E-state index in [1.165, 1.54) is 6.20 Å². The lowest BCUT2D eigenvalue weighted by Crippen LogP contribution is -2.18. The zero-order valence-corrected chi connectivity index (χ0v) is 11.3. The summed E-state index contributed by atoms with van der Waals surface area (Å²) in [4.78, 5) is 24.0. The fraction of sp³-hybridized carbons (Fsp3) is 0.214. The van der Waals surface area contributed by atoms with Crippen molar-refractivity contribution in [2.45, 2.75) is 13.8 Å². The molecule has 0 aliphatic carbocycles. The van der Waals surface area contributed by atoms with Gasteiger partial charge in [-0.15, -0.1) is 0 Å². The summed E-state index contributed by atoms with van der Waals surface area (Å²) in [6.07, 6.45) is 1.24. The van der Waals surface area contributed by atoms with Gasteiger partial charge in [-0.25, -0.2) is 4.79 Å². The van der Waals surface area contributed by atoms with Crippen LogP contribution in [0.1, 0.15) is 33.2 Å². The van der Waals surface area contributed by atoms with Gasteiger partial charge < -0.3 is 10.5 Å². The van der Waals surface area contributed by atoms with Crippen LogP contribution in [0.15, 0.2) is 30.5 Å². The molecule has 6 nitrogen and oxygen atoms in total. The summed E-state index contributed by atoms with van der Waals surface area (Å²) in [5, 5.41) is 3.88. The fourth-order valence-corrected chi connectivity index (χ4v) is 1.81. The molecule has 0 spiro atoms. The Kier molecular flexibility index (Phi) is 3.84. The lowest BCUT2D eigenvalue weighted by atomic mass is 10.1. The second-order valence-electron chi connectivity index (χ2n) is 4.20. The molecule has 6 heteroatoms. The molecule has 0 aliphatic heterocycles. The predicted octanol–water partition coefficient (Wildman–Crippen LogP) is 1.64. The fourth-order valence-electron chi connectivity index (χ4n) is 1.81. The minimum Gasteiger partial charge on any atom is -0.462 e. The SMILES string of the molecule is CCOC(=O)c1cnn(C(=O)c2ccccc2C)c1N. The summed E-state index contributed by atoms with van der Waals surface area (Å²) in [5.74, 6) is -0.985. The predicted molar refractivity (Wildman–Crippen MR) is 73.5 cm³/mol. The van der Waals surface area contributed by atoms with Gasteiger partial charge in [0.2, 0.25) is 0 Å². The number of carbonyl (C=O) groups is 2. The molecule has 0 fully saturated rings. The number of hydrogen-bond donors (Lipinski definition) is 1. The largest absolute Gasteiger partial charge is 0.462 e. The highest BCUT2D eigenvalue weighted by atomic mass is 16.5. The third kappa shape index (κ3) is 2.40. The van der Waals surface area contributed by atoms with Crippen LogP contribution in [0.3, 0.4) is 0 Å². The number of anilines is 1. The van der Waals surface area contributed by atoms with Crippen LogP contribution < -0.4 is 5.73 Å². The highest BCUT2D eigenvalue weighted by molar-refractivity contribution is 6.02. The average Bonchev–Trinajstić information content (AvgIpc) is 2.81. The molecule has 0 atom stereocenters. The van der Waals surface area contributed by atoms with Crippen molar-refractivity contribution in [1.29, 1.82) is 0 Å². The van der Waals surface area contributed by atoms with Gasteiger partial charge in [0, 0.05) is 5.56 Å². The number of aryl methyl sites for hydroxylation is 1. The maximum absolute atomic E-state index is 12.4. The van der Waals surface area contributed by atoms with Crippen LogP contribution in [-0.2, 0) is 4.74 Å². The van der Waals surface area contributed by atoms with Gasteiger partial charge in [-0.2, -0.15) is 9.78 Å². The normalized spacial score (nSPS) is 10.3. The molecule has 0 unspecified atom stereocenters. The molecule has 0 radical (unpaired) electrons. The zero-order chi connectivity index (χ0) is 14.7. The van der Waals surface area contributed by atoms with Gasteiger partial charge in [0.1, 0.15) is 11.4 Å². The summed E-state index contributed by atoms with van der Waals surface area (Å²) < 4.78 is 5.86. The lowest BCUT2D eigenvalue weighted by molar-refractivity contribution is 0.0527. The van der Waals surface area contributed by atoms with Gasteiger partial charge in [0.05, 0.1) is 12.8 Å². The zero-order valence-electron chi connectivity index (χ0n) is 11.3. The Bertz CT molecular complexity index is 661. The highest BCUT2D eigenvalue weighted by Gasteiger charge is 2.21. The number of nitrogens with zero attached hydrogens (tertiary/aromatic N) is 2. The highest BCUT2D eigenvalue weighted by Crippen LogP contribution is 2.16. The summed E-state index contributed by atoms with van der Waals surface area (Å²) in [6.45, 7) is 3.74. The van der Waals surface area contributed by atoms with Gasteiger partial charge in [0.15, 0.2) is 0 Å². The Hall–Kier alpha value is -2.63. The van der Waals surface area contributed by atoms with Gasteiger partial charge in [-0.3, -0.25) is 4.79 Å². The molecule has 1 heterocycles. The van der Waals surface area contributed by atoms with E-state index in [1.807, 2.05) is 19.1 Å². The van der Waals surface area contributed by atoms with Crippen LogP contribution >= 0.6 is 0 Å². The number of nitrogen functional groups attached to an aromatic ring is 1. The number of carbonyl (C=O) groups excluding carboxylic acids is 2. The van der Waals surface area contributed by atoms with Crippen molar-refractivity contribution in [3.05, 3.63) is 47.2 Å². The van der Waals surface area contributed by atoms with Gasteiger partial charge in [-0.05, 0) is 25.5 Å². The Morgan fingerprint density at radius 3 is 2.65 bits per heavy atom. The van der Waals surface area contributed by atoms with Crippen LogP contribution in [0, 0.1) is 6.92 Å². The molecular formula is C14H15N3O3. The lowest BCUT2D eigenvalue weighted by Gasteiger charge is -2.06. The minimum atomic E-state index is -0.589. The summed E-state index contributed by atoms with van der Waals surface area (Å²) in [5.41, 5.74) is 7.19. The smallest absolute Gasteiger partial charge is 0.343 e. The number of ether oxygens (including phenoxy) is 1. The maximum Gasteiger partial charge on any atom is 0.343 e. The number of nitrogens with two attached hydrogens (primary N) is 1. The quantitative estimate of drug-likeness (QED) is 0.859. The minimum absolute atomic E-state index is 0.0169. The molecule has 0 bridgehead atoms. The number of aromatic nitrogens is 2. The molecule has 104 valence electrons. The van der Waals surface area contributed by atoms with Crippen LogP contribution in [-0.4, -0.2) is 28.3 Å². The van der Waals surface area contributed by atoms with Gasteiger partial charge in [0.25, 0.3) is 5.91 Å². The van der Waals surface area contributed by atoms with Gasteiger partial charge in [-0.1, -0.05) is 18.2 Å². The van der Waals surface area contributed by atoms with Crippen molar-refractivity contribution in [3.63, 3.8) is 0 Å². The van der Waals surface area contributed by atoms with E-state index in [9.17, 15) is 9.59 Å². The second-order valence-corrected chi connectivity index (χ2v) is 4.20. The van der Waals surface area contributed by atoms with Crippen molar-refractivity contribution in [3.8, 4) is 0 Å². The number of rotatable bonds is 3. The molecular weight excluding hydrogens is 258 g/mol. The van der Waals surface area contributed by atoms with E-state index in [0.29, 0.717) is 5.56 Å². The summed E-state index contributed by atoms with van der Waals surface area (Å²) in [7, 11) is 0. The van der Waals surface area contributed by atoms with E-state index in [0.717, 1.165) is 10.2 Å². The first kappa shape index (κ1) is 13.8. The molecule has 1 aromatic carbocycles. The standard InChI is InChI=1S/C14H15N3O3/c1-3-20-14(19)11-8-16-17(12(11)15)13(18)10-7-5-4-6-9(10)2/h4-8H,3,15H2,1-2H3. The molecule has 2 N–H and O–H groups in total. The van der Waals surface area contributed by atoms with Crippen LogP contribution in [0.25, 0.3) is 0 Å². The van der Waals surface area contributed by atoms with E-state index in [-0.39, 0.29) is 23.9 Å². The van der Waals surface area contributed by atoms with Crippen molar-refractivity contribution in [2.24, 2.45) is 0 Å². The van der Waals surface area contributed by atoms with Crippen LogP contribution in [0.5, 0.6) is 0 Å². The van der Waals surface area contributed by atoms with Crippen molar-refractivity contribution >= 4 is 17.7 Å². The second kappa shape index (κ2) is 5.56. The van der Waals surface area contributed by atoms with E-state index in [4.69, 9.17) is 10.5 Å². The molecule has 2 rings (SSSR count). The third-order valence-corrected chi connectivity index (χ3v) is 2.87. The maximum atomic E-state index is 12.4. The molecule has 1 aromatic heterocycles. The van der Waals surface area contributed by atoms with Crippen LogP contribution in [0.2, 0.25) is 0 Å². The number of benzene rings is 1. The molecule has 0 amide bonds. The Labute approximate surface area is 116 Å². The first-order chi connectivity index (χ1) is 9.56. The molecule has 0 aliphatic rings. The molecule has 2 aromatic rings. The first-order valence-corrected chi connectivity index (χ1v) is 6.17. The molecule has 0 saturated carbocycles. The Morgan fingerprint density at radius 2 is 2.00 bits per heavy atom. The molecule has 20 heavy (non-hydrogen) atoms. The number of hydrogen-bond acceptors (Lipinski definition) is 5. The summed E-state index contributed by atoms with van der Waals surface area (Å²) >= 11 is 0. The van der Waals surface area contributed by atoms with Crippen molar-refractivity contribution in [2.75, 3.05) is 12.3 Å². The van der Waals surface area contributed by atoms with Crippen molar-refractivity contribution < 1.29 is 14.3 Å². The molecule has 0 saturated heterocycles.